The number of rotatable bonds is 13. The summed E-state index contributed by atoms with van der Waals surface area (Å²) >= 11 is 0. The molecule has 0 aliphatic heterocycles. The third-order valence-corrected chi connectivity index (χ3v) is 12.1. The Balaban J connectivity index is 0.00000548. The van der Waals surface area contributed by atoms with Gasteiger partial charge >= 0.3 is 20.1 Å². The average Bonchev–Trinajstić information content (AvgIpc) is 3.38. The third-order valence-electron chi connectivity index (χ3n) is 12.1. The fourth-order valence-electron chi connectivity index (χ4n) is 8.54. The predicted octanol–water partition coefficient (Wildman–Crippen LogP) is 14.8. The first-order valence-electron chi connectivity index (χ1n) is 22.3. The van der Waals surface area contributed by atoms with Gasteiger partial charge in [0.25, 0.3) is 0 Å². The Labute approximate surface area is 402 Å². The average molecular weight is 1030 g/mol. The number of hydrogen-bond acceptors (Lipinski definition) is 3. The fraction of sp³-hybridized carbons (Fsp3) is 0.0806. The maximum absolute atomic E-state index is 4.70. The molecule has 0 radical (unpaired) electrons. The van der Waals surface area contributed by atoms with Crippen LogP contribution in [0.5, 0.6) is 0 Å². The number of hydrogen-bond donors (Lipinski definition) is 0. The van der Waals surface area contributed by atoms with Gasteiger partial charge in [0.15, 0.2) is 0 Å². The maximum Gasteiger partial charge on any atom is 3.00 e. The Hall–Kier alpha value is -7.36. The molecule has 10 aromatic rings. The van der Waals surface area contributed by atoms with E-state index in [9.17, 15) is 0 Å². The minimum Gasteiger partial charge on any atom is -0.305 e. The first kappa shape index (κ1) is 43.9. The molecule has 3 aromatic heterocycles. The van der Waals surface area contributed by atoms with Crippen LogP contribution >= 0.6 is 0 Å². The molecule has 3 heterocycles. The van der Waals surface area contributed by atoms with Crippen molar-refractivity contribution in [1.82, 2.24) is 15.0 Å². The Kier molecular flexibility index (Phi) is 13.7. The zero-order valence-corrected chi connectivity index (χ0v) is 39.1. The minimum absolute atomic E-state index is 0. The topological polar surface area (TPSA) is 38.7 Å². The van der Waals surface area contributed by atoms with Gasteiger partial charge in [0.05, 0.1) is 0 Å². The Morgan fingerprint density at radius 1 is 0.348 bits per heavy atom. The van der Waals surface area contributed by atoms with Gasteiger partial charge in [-0.15, -0.1) is 94.5 Å². The predicted molar refractivity (Wildman–Crippen MR) is 267 cm³/mol. The van der Waals surface area contributed by atoms with Crippen LogP contribution in [0, 0.1) is 25.1 Å². The van der Waals surface area contributed by atoms with Crippen molar-refractivity contribution in [3.63, 3.8) is 0 Å². The molecule has 0 aliphatic rings. The molecular formula is C62H46IrN3. The normalized spacial score (nSPS) is 10.9. The van der Waals surface area contributed by atoms with Gasteiger partial charge in [0.2, 0.25) is 0 Å². The Bertz CT molecular complexity index is 3150. The number of benzene rings is 7. The second-order valence-corrected chi connectivity index (χ2v) is 16.6. The van der Waals surface area contributed by atoms with Crippen molar-refractivity contribution >= 4 is 0 Å². The smallest absolute Gasteiger partial charge is 0.305 e. The molecule has 0 spiro atoms. The van der Waals surface area contributed by atoms with E-state index in [1.54, 1.807) is 0 Å². The van der Waals surface area contributed by atoms with Gasteiger partial charge in [0, 0.05) is 18.6 Å². The van der Waals surface area contributed by atoms with Crippen molar-refractivity contribution in [3.05, 3.63) is 259 Å². The van der Waals surface area contributed by atoms with E-state index in [2.05, 4.69) is 199 Å². The largest absolute Gasteiger partial charge is 3.00 e. The van der Waals surface area contributed by atoms with Crippen LogP contribution in [-0.4, -0.2) is 15.0 Å². The standard InChI is InChI=1S/C62H46N3.Ir/c1-44-17-36-62(65-43-44)53-28-24-46(25-29-53)19-21-48-39-47(20-18-45-22-26-52(27-23-45)60-15-7-9-37-63-60)40-55(41-48)56-13-5-6-14-57(56)58-35-34-54(61-16-8-10-38-64-61)42-59(58)51-32-30-50(31-33-51)49-11-3-2-4-12-49;/h2-17,22-26,28,30-33,35-43H,18-21H2,1H3;/q-3;+3. The van der Waals surface area contributed by atoms with Gasteiger partial charge in [-0.1, -0.05) is 163 Å². The SMILES string of the molecule is Cc1ccc(-c2[c-]cc(CCc3cc(CCc4c[c-]c(-c5ccccn5)cc4)cc(-c4ccccc4-c4c[c-]c(-c5ccccn5)cc4-c4ccc(-c5ccccc5)cc4)c3)cc2)nc1.[Ir+3]. The summed E-state index contributed by atoms with van der Waals surface area (Å²) in [5, 5.41) is 0. The van der Waals surface area contributed by atoms with Crippen molar-refractivity contribution in [1.29, 1.82) is 0 Å². The molecular weight excluding hydrogens is 979 g/mol. The summed E-state index contributed by atoms with van der Waals surface area (Å²) < 4.78 is 0. The summed E-state index contributed by atoms with van der Waals surface area (Å²) in [5.41, 5.74) is 21.4. The van der Waals surface area contributed by atoms with Crippen molar-refractivity contribution < 1.29 is 20.1 Å². The summed E-state index contributed by atoms with van der Waals surface area (Å²) in [6, 6.07) is 79.7. The van der Waals surface area contributed by atoms with Gasteiger partial charge in [-0.25, -0.2) is 0 Å². The van der Waals surface area contributed by atoms with Crippen LogP contribution in [0.15, 0.2) is 213 Å². The van der Waals surface area contributed by atoms with Crippen LogP contribution in [0.3, 0.4) is 0 Å². The van der Waals surface area contributed by atoms with Crippen LogP contribution in [0.2, 0.25) is 0 Å². The molecule has 0 amide bonds. The van der Waals surface area contributed by atoms with Crippen LogP contribution in [0.4, 0.5) is 0 Å². The van der Waals surface area contributed by atoms with E-state index in [1.807, 2.05) is 48.9 Å². The first-order valence-corrected chi connectivity index (χ1v) is 22.3. The van der Waals surface area contributed by atoms with Gasteiger partial charge in [-0.3, -0.25) is 0 Å². The fourth-order valence-corrected chi connectivity index (χ4v) is 8.54. The van der Waals surface area contributed by atoms with Crippen LogP contribution in [-0.2, 0) is 45.8 Å². The quantitative estimate of drug-likeness (QED) is 0.108. The van der Waals surface area contributed by atoms with Gasteiger partial charge in [-0.05, 0) is 93.5 Å². The third kappa shape index (κ3) is 10.3. The summed E-state index contributed by atoms with van der Waals surface area (Å²) in [4.78, 5) is 13.8. The van der Waals surface area contributed by atoms with E-state index < -0.39 is 0 Å². The molecule has 0 aliphatic carbocycles. The molecule has 4 heteroatoms. The van der Waals surface area contributed by atoms with E-state index in [1.165, 1.54) is 44.5 Å². The van der Waals surface area contributed by atoms with Gasteiger partial charge < -0.3 is 15.0 Å². The maximum atomic E-state index is 4.70. The van der Waals surface area contributed by atoms with Crippen LogP contribution in [0.25, 0.3) is 78.3 Å². The van der Waals surface area contributed by atoms with Crippen LogP contribution < -0.4 is 0 Å². The van der Waals surface area contributed by atoms with Crippen molar-refractivity contribution in [2.24, 2.45) is 0 Å². The molecule has 0 atom stereocenters. The number of aromatic nitrogens is 3. The molecule has 0 saturated heterocycles. The Morgan fingerprint density at radius 3 is 1.45 bits per heavy atom. The molecule has 0 bridgehead atoms. The van der Waals surface area contributed by atoms with Gasteiger partial charge in [-0.2, -0.15) is 0 Å². The molecule has 10 rings (SSSR count). The first-order chi connectivity index (χ1) is 32.1. The van der Waals surface area contributed by atoms with E-state index in [0.717, 1.165) is 87.3 Å². The minimum atomic E-state index is 0. The molecule has 0 fully saturated rings. The summed E-state index contributed by atoms with van der Waals surface area (Å²) in [5.74, 6) is 0. The zero-order chi connectivity index (χ0) is 43.8. The number of aryl methyl sites for hydroxylation is 5. The van der Waals surface area contributed by atoms with E-state index in [0.29, 0.717) is 0 Å². The second-order valence-electron chi connectivity index (χ2n) is 16.6. The summed E-state index contributed by atoms with van der Waals surface area (Å²) in [6.45, 7) is 2.06. The van der Waals surface area contributed by atoms with E-state index in [4.69, 9.17) is 4.98 Å². The Morgan fingerprint density at radius 2 is 0.879 bits per heavy atom. The molecule has 0 N–H and O–H groups in total. The number of pyridine rings is 3. The van der Waals surface area contributed by atoms with E-state index in [-0.39, 0.29) is 20.1 Å². The van der Waals surface area contributed by atoms with E-state index >= 15 is 0 Å². The van der Waals surface area contributed by atoms with Crippen molar-refractivity contribution in [2.75, 3.05) is 0 Å². The summed E-state index contributed by atoms with van der Waals surface area (Å²) in [6.07, 6.45) is 9.19. The van der Waals surface area contributed by atoms with Gasteiger partial charge in [0.1, 0.15) is 0 Å². The molecule has 7 aromatic carbocycles. The second kappa shape index (κ2) is 20.6. The zero-order valence-electron chi connectivity index (χ0n) is 36.7. The summed E-state index contributed by atoms with van der Waals surface area (Å²) in [7, 11) is 0. The van der Waals surface area contributed by atoms with Crippen molar-refractivity contribution in [2.45, 2.75) is 32.6 Å². The monoisotopic (exact) mass is 1030 g/mol. The molecule has 3 nitrogen and oxygen atoms in total. The van der Waals surface area contributed by atoms with Crippen molar-refractivity contribution in [3.8, 4) is 78.3 Å². The number of nitrogens with zero attached hydrogens (tertiary/aromatic N) is 3. The molecule has 318 valence electrons. The molecule has 66 heavy (non-hydrogen) atoms. The molecule has 0 saturated carbocycles. The molecule has 0 unspecified atom stereocenters. The van der Waals surface area contributed by atoms with Crippen LogP contribution in [0.1, 0.15) is 27.8 Å².